The summed E-state index contributed by atoms with van der Waals surface area (Å²) in [4.78, 5) is 1.39. The van der Waals surface area contributed by atoms with Crippen LogP contribution in [0, 0.1) is 0 Å². The maximum absolute atomic E-state index is 2.34. The van der Waals surface area contributed by atoms with Crippen LogP contribution >= 0.6 is 11.8 Å². The molecule has 0 N–H and O–H groups in total. The monoisotopic (exact) mass is 404 g/mol. The second kappa shape index (κ2) is 12.1. The van der Waals surface area contributed by atoms with E-state index in [-0.39, 0.29) is 0 Å². The SMILES string of the molecule is CCCCCCCCc1ccc(-c2ccc3cc(SCCCC)ccc3c2)cc1. The third kappa shape index (κ3) is 6.93. The normalized spacial score (nSPS) is 11.2. The molecule has 3 aromatic rings. The number of thioether (sulfide) groups is 1. The molecule has 0 aliphatic heterocycles. The maximum Gasteiger partial charge on any atom is 0.00783 e. The Balaban J connectivity index is 1.59. The highest BCUT2D eigenvalue weighted by atomic mass is 32.2. The highest BCUT2D eigenvalue weighted by Gasteiger charge is 2.03. The first-order valence-corrected chi connectivity index (χ1v) is 12.5. The fourth-order valence-electron chi connectivity index (χ4n) is 3.80. The van der Waals surface area contributed by atoms with Crippen LogP contribution in [0.25, 0.3) is 21.9 Å². The van der Waals surface area contributed by atoms with Gasteiger partial charge in [0.1, 0.15) is 0 Å². The van der Waals surface area contributed by atoms with Gasteiger partial charge in [-0.3, -0.25) is 0 Å². The molecule has 0 heterocycles. The fraction of sp³-hybridized carbons (Fsp3) is 0.429. The van der Waals surface area contributed by atoms with Crippen molar-refractivity contribution in [3.8, 4) is 11.1 Å². The van der Waals surface area contributed by atoms with Gasteiger partial charge in [0.05, 0.1) is 0 Å². The Kier molecular flexibility index (Phi) is 9.15. The zero-order chi connectivity index (χ0) is 20.3. The van der Waals surface area contributed by atoms with Gasteiger partial charge in [-0.2, -0.15) is 0 Å². The Labute approximate surface area is 182 Å². The van der Waals surface area contributed by atoms with Crippen molar-refractivity contribution in [1.82, 2.24) is 0 Å². The number of hydrogen-bond donors (Lipinski definition) is 0. The van der Waals surface area contributed by atoms with E-state index in [0.29, 0.717) is 0 Å². The van der Waals surface area contributed by atoms with Crippen LogP contribution in [0.15, 0.2) is 65.6 Å². The van der Waals surface area contributed by atoms with E-state index in [4.69, 9.17) is 0 Å². The Bertz CT molecular complexity index is 863. The van der Waals surface area contributed by atoms with Gasteiger partial charge in [0.25, 0.3) is 0 Å². The lowest BCUT2D eigenvalue weighted by atomic mass is 9.99. The van der Waals surface area contributed by atoms with E-state index in [1.807, 2.05) is 11.8 Å². The smallest absolute Gasteiger partial charge is 0.00783 e. The van der Waals surface area contributed by atoms with Gasteiger partial charge in [-0.15, -0.1) is 11.8 Å². The lowest BCUT2D eigenvalue weighted by molar-refractivity contribution is 0.607. The largest absolute Gasteiger partial charge is 0.126 e. The summed E-state index contributed by atoms with van der Waals surface area (Å²) in [6.07, 6.45) is 12.0. The van der Waals surface area contributed by atoms with Gasteiger partial charge in [0.2, 0.25) is 0 Å². The second-order valence-corrected chi connectivity index (χ2v) is 9.31. The Morgan fingerprint density at radius 3 is 2.03 bits per heavy atom. The van der Waals surface area contributed by atoms with Gasteiger partial charge in [-0.25, -0.2) is 0 Å². The van der Waals surface area contributed by atoms with Crippen LogP contribution in [-0.2, 0) is 6.42 Å². The molecule has 0 saturated heterocycles. The molecule has 3 aromatic carbocycles. The summed E-state index contributed by atoms with van der Waals surface area (Å²) in [6.45, 7) is 4.53. The number of unbranched alkanes of at least 4 members (excludes halogenated alkanes) is 6. The quantitative estimate of drug-likeness (QED) is 0.214. The predicted molar refractivity (Wildman–Crippen MR) is 132 cm³/mol. The standard InChI is InChI=1S/C28H36S/c1-3-5-7-8-9-10-11-23-12-14-24(15-13-23)25-16-17-27-22-28(29-20-6-4-2)19-18-26(27)21-25/h12-19,21-22H,3-11,20H2,1-2H3. The predicted octanol–water partition coefficient (Wildman–Crippen LogP) is 9.30. The number of hydrogen-bond acceptors (Lipinski definition) is 1. The Hall–Kier alpha value is -1.73. The van der Waals surface area contributed by atoms with Gasteiger partial charge >= 0.3 is 0 Å². The van der Waals surface area contributed by atoms with E-state index in [2.05, 4.69) is 74.5 Å². The van der Waals surface area contributed by atoms with Crippen LogP contribution in [-0.4, -0.2) is 5.75 Å². The second-order valence-electron chi connectivity index (χ2n) is 8.14. The summed E-state index contributed by atoms with van der Waals surface area (Å²) >= 11 is 1.97. The van der Waals surface area contributed by atoms with E-state index in [9.17, 15) is 0 Å². The number of fused-ring (bicyclic) bond motifs is 1. The molecule has 0 saturated carbocycles. The maximum atomic E-state index is 2.34. The van der Waals surface area contributed by atoms with Crippen LogP contribution in [0.3, 0.4) is 0 Å². The Morgan fingerprint density at radius 2 is 1.24 bits per heavy atom. The van der Waals surface area contributed by atoms with E-state index >= 15 is 0 Å². The molecule has 1 heteroatoms. The molecule has 154 valence electrons. The molecule has 0 aliphatic rings. The van der Waals surface area contributed by atoms with Crippen LogP contribution in [0.5, 0.6) is 0 Å². The molecule has 3 rings (SSSR count). The zero-order valence-electron chi connectivity index (χ0n) is 18.3. The first-order valence-electron chi connectivity index (χ1n) is 11.6. The number of rotatable bonds is 12. The third-order valence-electron chi connectivity index (χ3n) is 5.68. The van der Waals surface area contributed by atoms with E-state index < -0.39 is 0 Å². The van der Waals surface area contributed by atoms with Crippen molar-refractivity contribution in [2.75, 3.05) is 5.75 Å². The highest BCUT2D eigenvalue weighted by Crippen LogP contribution is 2.29. The first-order chi connectivity index (χ1) is 14.3. The van der Waals surface area contributed by atoms with E-state index in [1.54, 1.807) is 0 Å². The summed E-state index contributed by atoms with van der Waals surface area (Å²) in [7, 11) is 0. The van der Waals surface area contributed by atoms with Crippen molar-refractivity contribution in [2.24, 2.45) is 0 Å². The lowest BCUT2D eigenvalue weighted by Gasteiger charge is -2.08. The van der Waals surface area contributed by atoms with Gasteiger partial charge in [-0.1, -0.05) is 94.8 Å². The lowest BCUT2D eigenvalue weighted by Crippen LogP contribution is -1.87. The minimum absolute atomic E-state index is 1.21. The van der Waals surface area contributed by atoms with Crippen molar-refractivity contribution < 1.29 is 0 Å². The van der Waals surface area contributed by atoms with E-state index in [0.717, 1.165) is 0 Å². The molecule has 0 bridgehead atoms. The molecule has 0 nitrogen and oxygen atoms in total. The molecule has 29 heavy (non-hydrogen) atoms. The zero-order valence-corrected chi connectivity index (χ0v) is 19.1. The molecule has 0 amide bonds. The molecule has 0 fully saturated rings. The van der Waals surface area contributed by atoms with Gasteiger partial charge in [-0.05, 0) is 70.7 Å². The van der Waals surface area contributed by atoms with Gasteiger partial charge in [0, 0.05) is 4.90 Å². The molecule has 0 aliphatic carbocycles. The van der Waals surface area contributed by atoms with Crippen molar-refractivity contribution in [2.45, 2.75) is 76.5 Å². The minimum Gasteiger partial charge on any atom is -0.126 e. The van der Waals surface area contributed by atoms with Crippen molar-refractivity contribution in [3.63, 3.8) is 0 Å². The highest BCUT2D eigenvalue weighted by molar-refractivity contribution is 7.99. The first kappa shape index (κ1) is 22.0. The minimum atomic E-state index is 1.21. The van der Waals surface area contributed by atoms with Crippen LogP contribution in [0.4, 0.5) is 0 Å². The van der Waals surface area contributed by atoms with Crippen LogP contribution in [0.2, 0.25) is 0 Å². The van der Waals surface area contributed by atoms with Crippen molar-refractivity contribution in [3.05, 3.63) is 66.2 Å². The molecule has 0 unspecified atom stereocenters. The number of aryl methyl sites for hydroxylation is 1. The molecule has 0 atom stereocenters. The third-order valence-corrected chi connectivity index (χ3v) is 6.76. The summed E-state index contributed by atoms with van der Waals surface area (Å²) in [5, 5.41) is 2.67. The van der Waals surface area contributed by atoms with Crippen LogP contribution < -0.4 is 0 Å². The molecule has 0 spiro atoms. The summed E-state index contributed by atoms with van der Waals surface area (Å²) in [6, 6.07) is 23.0. The number of benzene rings is 3. The molecule has 0 radical (unpaired) electrons. The Morgan fingerprint density at radius 1 is 0.586 bits per heavy atom. The summed E-state index contributed by atoms with van der Waals surface area (Å²) in [5.74, 6) is 1.21. The van der Waals surface area contributed by atoms with Crippen molar-refractivity contribution >= 4 is 22.5 Å². The van der Waals surface area contributed by atoms with Crippen molar-refractivity contribution in [1.29, 1.82) is 0 Å². The van der Waals surface area contributed by atoms with E-state index in [1.165, 1.54) is 95.9 Å². The summed E-state index contributed by atoms with van der Waals surface area (Å²) in [5.41, 5.74) is 4.11. The van der Waals surface area contributed by atoms with Gasteiger partial charge in [0.15, 0.2) is 0 Å². The average molecular weight is 405 g/mol. The topological polar surface area (TPSA) is 0 Å². The molecular formula is C28H36S. The molecular weight excluding hydrogens is 368 g/mol. The summed E-state index contributed by atoms with van der Waals surface area (Å²) < 4.78 is 0. The fourth-order valence-corrected chi connectivity index (χ4v) is 4.84. The van der Waals surface area contributed by atoms with Gasteiger partial charge < -0.3 is 0 Å². The molecule has 0 aromatic heterocycles. The van der Waals surface area contributed by atoms with Crippen LogP contribution in [0.1, 0.15) is 70.8 Å². The average Bonchev–Trinajstić information content (AvgIpc) is 2.76.